The number of fused-ring (bicyclic) bond motifs is 2. The minimum absolute atomic E-state index is 0.0865. The topological polar surface area (TPSA) is 113 Å². The van der Waals surface area contributed by atoms with Crippen LogP contribution in [0.15, 0.2) is 41.3 Å². The molecule has 9 nitrogen and oxygen atoms in total. The third kappa shape index (κ3) is 4.16. The molecule has 1 aliphatic carbocycles. The first-order valence-corrected chi connectivity index (χ1v) is 11.3. The molecule has 2 N–H and O–H groups in total. The van der Waals surface area contributed by atoms with Crippen LogP contribution in [0, 0.1) is 5.92 Å². The standard InChI is InChI=1S/C24H26N4O5/c29-22(25-16-5-3-15(4-6-16)24(31)32)18-2-1-9-28-21(18)26-20-8-7-17(14-19(20)23(28)30)27-10-12-33-13-11-27/h1-2,7-9,14-16H,3-6,10-13H2,(H,25,29)(H,31,32). The van der Waals surface area contributed by atoms with Gasteiger partial charge in [-0.25, -0.2) is 4.98 Å². The van der Waals surface area contributed by atoms with Crippen LogP contribution in [0.25, 0.3) is 16.6 Å². The van der Waals surface area contributed by atoms with Crippen LogP contribution in [-0.2, 0) is 9.53 Å². The third-order valence-electron chi connectivity index (χ3n) is 6.66. The lowest BCUT2D eigenvalue weighted by atomic mass is 9.86. The molecule has 0 radical (unpaired) electrons. The number of anilines is 1. The van der Waals surface area contributed by atoms with Crippen molar-refractivity contribution in [3.63, 3.8) is 0 Å². The number of carbonyl (C=O) groups excluding carboxylic acids is 1. The summed E-state index contributed by atoms with van der Waals surface area (Å²) in [5, 5.41) is 12.7. The smallest absolute Gasteiger partial charge is 0.306 e. The number of aliphatic carboxylic acids is 1. The minimum atomic E-state index is -0.777. The van der Waals surface area contributed by atoms with Crippen molar-refractivity contribution >= 4 is 34.1 Å². The number of carbonyl (C=O) groups is 2. The van der Waals surface area contributed by atoms with Crippen molar-refractivity contribution < 1.29 is 19.4 Å². The Morgan fingerprint density at radius 1 is 1.09 bits per heavy atom. The molecule has 3 aromatic rings. The van der Waals surface area contributed by atoms with Gasteiger partial charge in [0.15, 0.2) is 5.65 Å². The van der Waals surface area contributed by atoms with E-state index in [1.807, 2.05) is 18.2 Å². The highest BCUT2D eigenvalue weighted by molar-refractivity contribution is 6.00. The van der Waals surface area contributed by atoms with Gasteiger partial charge in [-0.2, -0.15) is 0 Å². The van der Waals surface area contributed by atoms with Crippen LogP contribution in [0.1, 0.15) is 36.0 Å². The quantitative estimate of drug-likeness (QED) is 0.585. The molecule has 1 aromatic carbocycles. The molecule has 1 aliphatic heterocycles. The molecule has 5 rings (SSSR count). The maximum absolute atomic E-state index is 13.3. The number of ether oxygens (including phenoxy) is 1. The average Bonchev–Trinajstić information content (AvgIpc) is 2.84. The van der Waals surface area contributed by atoms with Crippen molar-refractivity contribution in [1.29, 1.82) is 0 Å². The molecule has 0 atom stereocenters. The molecule has 0 spiro atoms. The van der Waals surface area contributed by atoms with Gasteiger partial charge in [0.1, 0.15) is 0 Å². The summed E-state index contributed by atoms with van der Waals surface area (Å²) in [5.74, 6) is -1.42. The number of rotatable bonds is 4. The second-order valence-corrected chi connectivity index (χ2v) is 8.69. The lowest BCUT2D eigenvalue weighted by Gasteiger charge is -2.29. The van der Waals surface area contributed by atoms with E-state index in [1.165, 1.54) is 4.40 Å². The van der Waals surface area contributed by atoms with Crippen LogP contribution in [-0.4, -0.2) is 58.7 Å². The summed E-state index contributed by atoms with van der Waals surface area (Å²) in [5.41, 5.74) is 1.91. The van der Waals surface area contributed by atoms with Crippen molar-refractivity contribution in [3.05, 3.63) is 52.4 Å². The molecule has 1 saturated carbocycles. The average molecular weight is 450 g/mol. The number of nitrogens with one attached hydrogen (secondary N) is 1. The Morgan fingerprint density at radius 3 is 2.58 bits per heavy atom. The number of pyridine rings is 1. The van der Waals surface area contributed by atoms with E-state index < -0.39 is 5.97 Å². The Hall–Kier alpha value is -3.46. The molecule has 1 saturated heterocycles. The lowest BCUT2D eigenvalue weighted by molar-refractivity contribution is -0.142. The van der Waals surface area contributed by atoms with Crippen molar-refractivity contribution in [2.24, 2.45) is 5.92 Å². The molecular formula is C24H26N4O5. The van der Waals surface area contributed by atoms with Crippen LogP contribution in [0.3, 0.4) is 0 Å². The second-order valence-electron chi connectivity index (χ2n) is 8.69. The Bertz CT molecular complexity index is 1270. The highest BCUT2D eigenvalue weighted by Crippen LogP contribution is 2.25. The summed E-state index contributed by atoms with van der Waals surface area (Å²) in [4.78, 5) is 44.3. The van der Waals surface area contributed by atoms with E-state index in [1.54, 1.807) is 18.3 Å². The normalized spacial score (nSPS) is 21.3. The molecule has 0 unspecified atom stereocenters. The fourth-order valence-electron chi connectivity index (χ4n) is 4.76. The summed E-state index contributed by atoms with van der Waals surface area (Å²) in [6, 6.07) is 8.87. The third-order valence-corrected chi connectivity index (χ3v) is 6.66. The second kappa shape index (κ2) is 8.82. The SMILES string of the molecule is O=C(NC1CCC(C(=O)O)CC1)c1cccn2c(=O)c3cc(N4CCOCC4)ccc3nc12. The van der Waals surface area contributed by atoms with Crippen LogP contribution >= 0.6 is 0 Å². The number of hydrogen-bond acceptors (Lipinski definition) is 6. The van der Waals surface area contributed by atoms with E-state index in [2.05, 4.69) is 15.2 Å². The number of morpholine rings is 1. The van der Waals surface area contributed by atoms with Crippen molar-refractivity contribution in [1.82, 2.24) is 14.7 Å². The van der Waals surface area contributed by atoms with E-state index in [0.29, 0.717) is 61.0 Å². The van der Waals surface area contributed by atoms with Crippen LogP contribution in [0.4, 0.5) is 5.69 Å². The maximum atomic E-state index is 13.3. The zero-order chi connectivity index (χ0) is 22.9. The number of carboxylic acid groups (broad SMARTS) is 1. The fourth-order valence-corrected chi connectivity index (χ4v) is 4.76. The number of nitrogens with zero attached hydrogens (tertiary/aromatic N) is 3. The Morgan fingerprint density at radius 2 is 1.85 bits per heavy atom. The van der Waals surface area contributed by atoms with Crippen molar-refractivity contribution in [2.45, 2.75) is 31.7 Å². The predicted octanol–water partition coefficient (Wildman–Crippen LogP) is 2.06. The van der Waals surface area contributed by atoms with Gasteiger partial charge in [-0.1, -0.05) is 0 Å². The molecule has 33 heavy (non-hydrogen) atoms. The van der Waals surface area contributed by atoms with Crippen molar-refractivity contribution in [2.75, 3.05) is 31.2 Å². The molecular weight excluding hydrogens is 424 g/mol. The summed E-state index contributed by atoms with van der Waals surface area (Å²) in [6.45, 7) is 2.85. The minimum Gasteiger partial charge on any atom is -0.481 e. The van der Waals surface area contributed by atoms with Crippen LogP contribution < -0.4 is 15.8 Å². The molecule has 1 amide bonds. The molecule has 172 valence electrons. The maximum Gasteiger partial charge on any atom is 0.306 e. The predicted molar refractivity (Wildman–Crippen MR) is 123 cm³/mol. The van der Waals surface area contributed by atoms with Gasteiger partial charge in [-0.05, 0) is 56.0 Å². The van der Waals surface area contributed by atoms with Gasteiger partial charge in [-0.15, -0.1) is 0 Å². The first-order chi connectivity index (χ1) is 16.0. The molecule has 2 aromatic heterocycles. The van der Waals surface area contributed by atoms with Gasteiger partial charge in [0, 0.05) is 31.0 Å². The van der Waals surface area contributed by atoms with Crippen molar-refractivity contribution in [3.8, 4) is 0 Å². The number of carboxylic acids is 1. The largest absolute Gasteiger partial charge is 0.481 e. The van der Waals surface area contributed by atoms with Gasteiger partial charge >= 0.3 is 5.97 Å². The summed E-state index contributed by atoms with van der Waals surface area (Å²) >= 11 is 0. The Kier molecular flexibility index (Phi) is 5.72. The first-order valence-electron chi connectivity index (χ1n) is 11.3. The van der Waals surface area contributed by atoms with Gasteiger partial charge in [-0.3, -0.25) is 18.8 Å². The van der Waals surface area contributed by atoms with E-state index in [-0.39, 0.29) is 23.4 Å². The molecule has 2 aliphatic rings. The van der Waals surface area contributed by atoms with E-state index in [9.17, 15) is 19.5 Å². The number of aromatic nitrogens is 2. The highest BCUT2D eigenvalue weighted by Gasteiger charge is 2.27. The first kappa shape index (κ1) is 21.4. The zero-order valence-electron chi connectivity index (χ0n) is 18.2. The summed E-state index contributed by atoms with van der Waals surface area (Å²) in [7, 11) is 0. The monoisotopic (exact) mass is 450 g/mol. The molecule has 0 bridgehead atoms. The van der Waals surface area contributed by atoms with E-state index >= 15 is 0 Å². The molecule has 3 heterocycles. The summed E-state index contributed by atoms with van der Waals surface area (Å²) < 4.78 is 6.83. The number of amides is 1. The number of benzene rings is 1. The van der Waals surface area contributed by atoms with Gasteiger partial charge in [0.2, 0.25) is 0 Å². The van der Waals surface area contributed by atoms with Crippen LogP contribution in [0.2, 0.25) is 0 Å². The Balaban J connectivity index is 1.45. The highest BCUT2D eigenvalue weighted by atomic mass is 16.5. The van der Waals surface area contributed by atoms with Gasteiger partial charge < -0.3 is 20.1 Å². The molecule has 9 heteroatoms. The van der Waals surface area contributed by atoms with Gasteiger partial charge in [0.05, 0.1) is 35.6 Å². The Labute approximate surface area is 190 Å². The van der Waals surface area contributed by atoms with Crippen LogP contribution in [0.5, 0.6) is 0 Å². The van der Waals surface area contributed by atoms with E-state index in [0.717, 1.165) is 18.8 Å². The fraction of sp³-hybridized carbons (Fsp3) is 0.417. The zero-order valence-corrected chi connectivity index (χ0v) is 18.2. The summed E-state index contributed by atoms with van der Waals surface area (Å²) in [6.07, 6.45) is 3.95. The van der Waals surface area contributed by atoms with E-state index in [4.69, 9.17) is 4.74 Å². The van der Waals surface area contributed by atoms with Gasteiger partial charge in [0.25, 0.3) is 11.5 Å². The molecule has 2 fully saturated rings. The number of hydrogen-bond donors (Lipinski definition) is 2. The lowest BCUT2D eigenvalue weighted by Crippen LogP contribution is -2.39.